The summed E-state index contributed by atoms with van der Waals surface area (Å²) in [5, 5.41) is 10.4. The van der Waals surface area contributed by atoms with Crippen LogP contribution < -0.4 is 0 Å². The first-order chi connectivity index (χ1) is 13.6. The number of fused-ring (bicyclic) bond motifs is 7. The average molecular weight is 399 g/mol. The molecule has 1 N–H and O–H groups in total. The highest BCUT2D eigenvalue weighted by Crippen LogP contribution is 2.76. The van der Waals surface area contributed by atoms with Crippen LogP contribution in [0.25, 0.3) is 0 Å². The molecule has 0 aromatic rings. The Labute approximate surface area is 180 Å². The van der Waals surface area contributed by atoms with E-state index >= 15 is 0 Å². The number of rotatable bonds is 1. The van der Waals surface area contributed by atoms with Crippen LogP contribution in [-0.2, 0) is 0 Å². The summed E-state index contributed by atoms with van der Waals surface area (Å²) in [5.41, 5.74) is 3.46. The molecule has 5 rings (SSSR count). The molecule has 0 aliphatic heterocycles. The maximum absolute atomic E-state index is 10.4. The molecular weight excluding hydrogens is 352 g/mol. The Morgan fingerprint density at radius 3 is 2.31 bits per heavy atom. The molecular formula is C28H46O. The van der Waals surface area contributed by atoms with Crippen molar-refractivity contribution in [3.8, 4) is 0 Å². The second-order valence-electron chi connectivity index (χ2n) is 13.4. The molecule has 5 saturated carbocycles. The zero-order valence-electron chi connectivity index (χ0n) is 19.9. The molecule has 164 valence electrons. The summed E-state index contributed by atoms with van der Waals surface area (Å²) < 4.78 is 0. The normalized spacial score (nSPS) is 59.2. The zero-order chi connectivity index (χ0) is 20.8. The van der Waals surface area contributed by atoms with Gasteiger partial charge in [-0.1, -0.05) is 39.8 Å². The molecule has 0 bridgehead atoms. The third kappa shape index (κ3) is 2.55. The Kier molecular flexibility index (Phi) is 4.52. The molecule has 29 heavy (non-hydrogen) atoms. The molecule has 0 aromatic heterocycles. The van der Waals surface area contributed by atoms with E-state index in [-0.39, 0.29) is 6.10 Å². The molecule has 1 heteroatoms. The lowest BCUT2D eigenvalue weighted by Gasteiger charge is -2.71. The largest absolute Gasteiger partial charge is 0.393 e. The van der Waals surface area contributed by atoms with Gasteiger partial charge in [-0.25, -0.2) is 0 Å². The van der Waals surface area contributed by atoms with Crippen molar-refractivity contribution in [3.63, 3.8) is 0 Å². The van der Waals surface area contributed by atoms with E-state index < -0.39 is 0 Å². The Morgan fingerprint density at radius 1 is 0.828 bits per heavy atom. The number of hydrogen-bond donors (Lipinski definition) is 1. The van der Waals surface area contributed by atoms with Gasteiger partial charge in [0.15, 0.2) is 0 Å². The highest BCUT2D eigenvalue weighted by Gasteiger charge is 2.68. The lowest BCUT2D eigenvalue weighted by Crippen LogP contribution is -2.64. The van der Waals surface area contributed by atoms with Crippen LogP contribution in [0.3, 0.4) is 0 Å². The average Bonchev–Trinajstić information content (AvgIpc) is 3.01. The summed E-state index contributed by atoms with van der Waals surface area (Å²) in [5.74, 6) is 4.14. The molecule has 10 atom stereocenters. The topological polar surface area (TPSA) is 20.2 Å². The van der Waals surface area contributed by atoms with Crippen LogP contribution in [0.5, 0.6) is 0 Å². The maximum Gasteiger partial charge on any atom is 0.0543 e. The van der Waals surface area contributed by atoms with E-state index in [0.29, 0.717) is 21.7 Å². The lowest BCUT2D eigenvalue weighted by molar-refractivity contribution is -0.226. The molecule has 0 unspecified atom stereocenters. The Hall–Kier alpha value is -0.300. The van der Waals surface area contributed by atoms with Crippen LogP contribution in [0.4, 0.5) is 0 Å². The summed E-state index contributed by atoms with van der Waals surface area (Å²) in [6.07, 6.45) is 14.7. The van der Waals surface area contributed by atoms with Gasteiger partial charge in [-0.2, -0.15) is 0 Å². The van der Waals surface area contributed by atoms with Crippen molar-refractivity contribution in [1.82, 2.24) is 0 Å². The van der Waals surface area contributed by atoms with Crippen LogP contribution in [-0.4, -0.2) is 11.2 Å². The quantitative estimate of drug-likeness (QED) is 0.456. The lowest BCUT2D eigenvalue weighted by atomic mass is 9.33. The minimum Gasteiger partial charge on any atom is -0.393 e. The molecule has 5 aliphatic carbocycles. The fraction of sp³-hybridized carbons (Fsp3) is 0.929. The molecule has 0 aromatic carbocycles. The Bertz CT molecular complexity index is 696. The highest BCUT2D eigenvalue weighted by molar-refractivity contribution is 5.20. The van der Waals surface area contributed by atoms with E-state index in [4.69, 9.17) is 0 Å². The molecule has 0 radical (unpaired) electrons. The summed E-state index contributed by atoms with van der Waals surface area (Å²) in [4.78, 5) is 0. The molecule has 0 saturated heterocycles. The van der Waals surface area contributed by atoms with Gasteiger partial charge in [0.1, 0.15) is 0 Å². The standard InChI is InChI=1S/C28H46O/c1-18(2)21-11-12-25(3)15-16-27(5)22(24(21)25)7-8-23-26(4)13-10-20(29)17-19(26)9-14-28(23,27)6/h19-24,29H,1,7-17H2,2-6H3/t19-,20-,21-,22+,23+,24+,25+,26-,27+,28+/m0/s1. The summed E-state index contributed by atoms with van der Waals surface area (Å²) in [6, 6.07) is 0. The van der Waals surface area contributed by atoms with Gasteiger partial charge < -0.3 is 5.11 Å². The minimum atomic E-state index is -0.0328. The highest BCUT2D eigenvalue weighted by atomic mass is 16.3. The van der Waals surface area contributed by atoms with Crippen molar-refractivity contribution >= 4 is 0 Å². The van der Waals surface area contributed by atoms with Gasteiger partial charge in [0.2, 0.25) is 0 Å². The predicted octanol–water partition coefficient (Wildman–Crippen LogP) is 7.39. The number of allylic oxidation sites excluding steroid dienone is 1. The van der Waals surface area contributed by atoms with Crippen LogP contribution in [0.1, 0.15) is 105 Å². The minimum absolute atomic E-state index is 0.0328. The van der Waals surface area contributed by atoms with Gasteiger partial charge in [0.25, 0.3) is 0 Å². The third-order valence-corrected chi connectivity index (χ3v) is 12.5. The first-order valence-electron chi connectivity index (χ1n) is 12.9. The van der Waals surface area contributed by atoms with E-state index in [1.807, 2.05) is 0 Å². The van der Waals surface area contributed by atoms with Crippen molar-refractivity contribution in [1.29, 1.82) is 0 Å². The van der Waals surface area contributed by atoms with Crippen LogP contribution in [0.15, 0.2) is 12.2 Å². The second-order valence-corrected chi connectivity index (χ2v) is 13.4. The van der Waals surface area contributed by atoms with Crippen LogP contribution in [0.2, 0.25) is 0 Å². The van der Waals surface area contributed by atoms with E-state index in [9.17, 15) is 5.11 Å². The molecule has 5 fully saturated rings. The predicted molar refractivity (Wildman–Crippen MR) is 121 cm³/mol. The first kappa shape index (κ1) is 20.6. The van der Waals surface area contributed by atoms with E-state index in [2.05, 4.69) is 41.2 Å². The Morgan fingerprint density at radius 2 is 1.59 bits per heavy atom. The van der Waals surface area contributed by atoms with Crippen molar-refractivity contribution in [2.24, 2.45) is 51.2 Å². The van der Waals surface area contributed by atoms with Crippen molar-refractivity contribution in [2.75, 3.05) is 0 Å². The van der Waals surface area contributed by atoms with Gasteiger partial charge in [-0.3, -0.25) is 0 Å². The summed E-state index contributed by atoms with van der Waals surface area (Å²) in [6.45, 7) is 17.5. The summed E-state index contributed by atoms with van der Waals surface area (Å²) >= 11 is 0. The second kappa shape index (κ2) is 6.36. The Balaban J connectivity index is 1.53. The van der Waals surface area contributed by atoms with Crippen molar-refractivity contribution in [2.45, 2.75) is 111 Å². The van der Waals surface area contributed by atoms with E-state index in [1.165, 1.54) is 63.4 Å². The van der Waals surface area contributed by atoms with E-state index in [0.717, 1.165) is 42.4 Å². The van der Waals surface area contributed by atoms with Crippen LogP contribution in [0, 0.1) is 51.2 Å². The number of hydrogen-bond acceptors (Lipinski definition) is 1. The fourth-order valence-electron chi connectivity index (χ4n) is 10.6. The zero-order valence-corrected chi connectivity index (χ0v) is 19.9. The monoisotopic (exact) mass is 398 g/mol. The maximum atomic E-state index is 10.4. The number of aliphatic hydroxyl groups is 1. The molecule has 0 heterocycles. The van der Waals surface area contributed by atoms with Gasteiger partial charge >= 0.3 is 0 Å². The van der Waals surface area contributed by atoms with Gasteiger partial charge in [0.05, 0.1) is 6.10 Å². The fourth-order valence-corrected chi connectivity index (χ4v) is 10.6. The third-order valence-electron chi connectivity index (χ3n) is 12.5. The van der Waals surface area contributed by atoms with Gasteiger partial charge in [0, 0.05) is 0 Å². The molecule has 0 amide bonds. The van der Waals surface area contributed by atoms with E-state index in [1.54, 1.807) is 0 Å². The van der Waals surface area contributed by atoms with Crippen molar-refractivity contribution < 1.29 is 5.11 Å². The smallest absolute Gasteiger partial charge is 0.0543 e. The molecule has 0 spiro atoms. The SMILES string of the molecule is C=C(C)[C@@H]1CC[C@]2(C)CC[C@]3(C)[C@H](CC[C@@H]4[C@@]5(C)CC[C@H](O)C[C@@H]5CC[C@]43C)[C@@H]12. The van der Waals surface area contributed by atoms with Crippen molar-refractivity contribution in [3.05, 3.63) is 12.2 Å². The molecule has 1 nitrogen and oxygen atoms in total. The first-order valence-corrected chi connectivity index (χ1v) is 12.9. The molecule has 5 aliphatic rings. The van der Waals surface area contributed by atoms with Crippen LogP contribution >= 0.6 is 0 Å². The summed E-state index contributed by atoms with van der Waals surface area (Å²) in [7, 11) is 0. The number of aliphatic hydroxyl groups excluding tert-OH is 1. The van der Waals surface area contributed by atoms with Gasteiger partial charge in [-0.15, -0.1) is 0 Å². The van der Waals surface area contributed by atoms with Gasteiger partial charge in [-0.05, 0) is 129 Å².